The minimum Gasteiger partial charge on any atom is -0.354 e. The Morgan fingerprint density at radius 3 is 2.64 bits per heavy atom. The Labute approximate surface area is 129 Å². The molecule has 4 nitrogen and oxygen atoms in total. The maximum atomic E-state index is 12.2. The van der Waals surface area contributed by atoms with Gasteiger partial charge in [0.1, 0.15) is 6.04 Å². The Balaban J connectivity index is 1.56. The van der Waals surface area contributed by atoms with Crippen LogP contribution >= 0.6 is 0 Å². The van der Waals surface area contributed by atoms with Crippen LogP contribution in [0, 0.1) is 0 Å². The van der Waals surface area contributed by atoms with E-state index in [2.05, 4.69) is 10.6 Å². The van der Waals surface area contributed by atoms with Gasteiger partial charge in [0.15, 0.2) is 0 Å². The maximum Gasteiger partial charge on any atom is 0.252 e. The van der Waals surface area contributed by atoms with Gasteiger partial charge in [-0.25, -0.2) is 0 Å². The lowest BCUT2D eigenvalue weighted by Crippen LogP contribution is -2.51. The quantitative estimate of drug-likeness (QED) is 0.901. The molecule has 1 aliphatic rings. The number of fused-ring (bicyclic) bond motifs is 1. The van der Waals surface area contributed by atoms with Gasteiger partial charge in [0.2, 0.25) is 5.91 Å². The Morgan fingerprint density at radius 2 is 1.82 bits per heavy atom. The van der Waals surface area contributed by atoms with Gasteiger partial charge in [-0.05, 0) is 23.6 Å². The third-order valence-corrected chi connectivity index (χ3v) is 3.86. The van der Waals surface area contributed by atoms with Crippen LogP contribution in [0.3, 0.4) is 0 Å². The first-order valence-electron chi connectivity index (χ1n) is 7.44. The number of rotatable bonds is 4. The fourth-order valence-electron chi connectivity index (χ4n) is 2.68. The third kappa shape index (κ3) is 3.17. The van der Waals surface area contributed by atoms with Crippen molar-refractivity contribution >= 4 is 11.8 Å². The first kappa shape index (κ1) is 14.3. The van der Waals surface area contributed by atoms with Gasteiger partial charge in [0.25, 0.3) is 5.91 Å². The fourth-order valence-corrected chi connectivity index (χ4v) is 2.68. The number of nitrogens with one attached hydrogen (secondary N) is 2. The molecule has 0 saturated heterocycles. The van der Waals surface area contributed by atoms with E-state index in [0.717, 1.165) is 12.0 Å². The van der Waals surface area contributed by atoms with Gasteiger partial charge in [0, 0.05) is 18.5 Å². The molecule has 0 aromatic heterocycles. The van der Waals surface area contributed by atoms with Crippen LogP contribution in [-0.2, 0) is 17.6 Å². The topological polar surface area (TPSA) is 58.2 Å². The minimum atomic E-state index is -0.488. The number of benzene rings is 2. The SMILES string of the molecule is O=C1NC(C(=O)NCCc2ccccc2)Cc2ccccc21. The molecule has 2 amide bonds. The van der Waals surface area contributed by atoms with Gasteiger partial charge in [0.05, 0.1) is 0 Å². The molecule has 0 aliphatic carbocycles. The molecular weight excluding hydrogens is 276 g/mol. The van der Waals surface area contributed by atoms with Crippen molar-refractivity contribution in [2.24, 2.45) is 0 Å². The average Bonchev–Trinajstić information content (AvgIpc) is 2.56. The standard InChI is InChI=1S/C18H18N2O2/c21-17-15-9-5-4-8-14(15)12-16(20-17)18(22)19-11-10-13-6-2-1-3-7-13/h1-9,16H,10-12H2,(H,19,22)(H,20,21). The van der Waals surface area contributed by atoms with E-state index in [1.807, 2.05) is 48.5 Å². The molecule has 1 aliphatic heterocycles. The van der Waals surface area contributed by atoms with Gasteiger partial charge in [-0.1, -0.05) is 48.5 Å². The fraction of sp³-hybridized carbons (Fsp3) is 0.222. The van der Waals surface area contributed by atoms with Crippen molar-refractivity contribution in [2.75, 3.05) is 6.54 Å². The Bertz CT molecular complexity index is 682. The van der Waals surface area contributed by atoms with Crippen molar-refractivity contribution < 1.29 is 9.59 Å². The molecule has 0 saturated carbocycles. The second-order valence-electron chi connectivity index (χ2n) is 5.41. The molecule has 1 unspecified atom stereocenters. The van der Waals surface area contributed by atoms with Gasteiger partial charge in [-0.15, -0.1) is 0 Å². The zero-order chi connectivity index (χ0) is 15.4. The monoisotopic (exact) mass is 294 g/mol. The molecule has 22 heavy (non-hydrogen) atoms. The highest BCUT2D eigenvalue weighted by atomic mass is 16.2. The molecule has 1 atom stereocenters. The highest BCUT2D eigenvalue weighted by molar-refractivity contribution is 6.00. The summed E-state index contributed by atoms with van der Waals surface area (Å²) in [7, 11) is 0. The van der Waals surface area contributed by atoms with Gasteiger partial charge >= 0.3 is 0 Å². The second kappa shape index (κ2) is 6.43. The molecule has 0 spiro atoms. The van der Waals surface area contributed by atoms with Crippen LogP contribution < -0.4 is 10.6 Å². The van der Waals surface area contributed by atoms with E-state index in [1.165, 1.54) is 5.56 Å². The van der Waals surface area contributed by atoms with Crippen LogP contribution in [0.1, 0.15) is 21.5 Å². The normalized spacial score (nSPS) is 16.5. The number of carbonyl (C=O) groups is 2. The summed E-state index contributed by atoms with van der Waals surface area (Å²) in [4.78, 5) is 24.2. The lowest BCUT2D eigenvalue weighted by molar-refractivity contribution is -0.123. The number of carbonyl (C=O) groups excluding carboxylic acids is 2. The Morgan fingerprint density at radius 1 is 1.09 bits per heavy atom. The lowest BCUT2D eigenvalue weighted by Gasteiger charge is -2.24. The van der Waals surface area contributed by atoms with Crippen LogP contribution in [0.25, 0.3) is 0 Å². The average molecular weight is 294 g/mol. The summed E-state index contributed by atoms with van der Waals surface area (Å²) in [6.45, 7) is 0.566. The third-order valence-electron chi connectivity index (χ3n) is 3.86. The maximum absolute atomic E-state index is 12.2. The number of hydrogen-bond acceptors (Lipinski definition) is 2. The van der Waals surface area contributed by atoms with Crippen LogP contribution in [0.5, 0.6) is 0 Å². The zero-order valence-electron chi connectivity index (χ0n) is 12.2. The van der Waals surface area contributed by atoms with Crippen LogP contribution in [0.2, 0.25) is 0 Å². The Kier molecular flexibility index (Phi) is 4.19. The van der Waals surface area contributed by atoms with Gasteiger partial charge in [-0.2, -0.15) is 0 Å². The molecular formula is C18H18N2O2. The lowest BCUT2D eigenvalue weighted by atomic mass is 9.95. The molecule has 4 heteroatoms. The smallest absolute Gasteiger partial charge is 0.252 e. The summed E-state index contributed by atoms with van der Waals surface area (Å²) in [6.07, 6.45) is 1.32. The highest BCUT2D eigenvalue weighted by Gasteiger charge is 2.28. The predicted octanol–water partition coefficient (Wildman–Crippen LogP) is 1.70. The van der Waals surface area contributed by atoms with Crippen LogP contribution in [0.15, 0.2) is 54.6 Å². The molecule has 2 N–H and O–H groups in total. The predicted molar refractivity (Wildman–Crippen MR) is 84.6 cm³/mol. The van der Waals surface area contributed by atoms with E-state index in [4.69, 9.17) is 0 Å². The summed E-state index contributed by atoms with van der Waals surface area (Å²) in [5.74, 6) is -0.302. The van der Waals surface area contributed by atoms with Crippen molar-refractivity contribution in [3.05, 3.63) is 71.3 Å². The highest BCUT2D eigenvalue weighted by Crippen LogP contribution is 2.16. The van der Waals surface area contributed by atoms with E-state index in [9.17, 15) is 9.59 Å². The van der Waals surface area contributed by atoms with Crippen molar-refractivity contribution in [3.8, 4) is 0 Å². The molecule has 2 aromatic rings. The van der Waals surface area contributed by atoms with Crippen molar-refractivity contribution in [3.63, 3.8) is 0 Å². The van der Waals surface area contributed by atoms with E-state index in [-0.39, 0.29) is 11.8 Å². The molecule has 0 fully saturated rings. The van der Waals surface area contributed by atoms with Gasteiger partial charge in [-0.3, -0.25) is 9.59 Å². The largest absolute Gasteiger partial charge is 0.354 e. The summed E-state index contributed by atoms with van der Waals surface area (Å²) < 4.78 is 0. The van der Waals surface area contributed by atoms with Crippen molar-refractivity contribution in [1.29, 1.82) is 0 Å². The molecule has 3 rings (SSSR count). The first-order chi connectivity index (χ1) is 10.7. The molecule has 0 bridgehead atoms. The number of amides is 2. The summed E-state index contributed by atoms with van der Waals surface area (Å²) in [5, 5.41) is 5.67. The molecule has 112 valence electrons. The summed E-state index contributed by atoms with van der Waals surface area (Å²) in [5.41, 5.74) is 2.77. The van der Waals surface area contributed by atoms with E-state index in [0.29, 0.717) is 18.5 Å². The minimum absolute atomic E-state index is 0.126. The van der Waals surface area contributed by atoms with Crippen LogP contribution in [0.4, 0.5) is 0 Å². The van der Waals surface area contributed by atoms with Crippen molar-refractivity contribution in [1.82, 2.24) is 10.6 Å². The molecule has 2 aromatic carbocycles. The van der Waals surface area contributed by atoms with Gasteiger partial charge < -0.3 is 10.6 Å². The zero-order valence-corrected chi connectivity index (χ0v) is 12.2. The first-order valence-corrected chi connectivity index (χ1v) is 7.44. The van der Waals surface area contributed by atoms with Crippen LogP contribution in [-0.4, -0.2) is 24.4 Å². The summed E-state index contributed by atoms with van der Waals surface area (Å²) >= 11 is 0. The second-order valence-corrected chi connectivity index (χ2v) is 5.41. The van der Waals surface area contributed by atoms with E-state index >= 15 is 0 Å². The van der Waals surface area contributed by atoms with E-state index < -0.39 is 6.04 Å². The van der Waals surface area contributed by atoms with Crippen molar-refractivity contribution in [2.45, 2.75) is 18.9 Å². The summed E-state index contributed by atoms with van der Waals surface area (Å²) in [6, 6.07) is 16.9. The molecule has 1 heterocycles. The molecule has 0 radical (unpaired) electrons. The Hall–Kier alpha value is -2.62. The number of hydrogen-bond donors (Lipinski definition) is 2. The van der Waals surface area contributed by atoms with E-state index in [1.54, 1.807) is 6.07 Å².